The number of nitrogens with zero attached hydrogens (tertiary/aromatic N) is 4. The van der Waals surface area contributed by atoms with E-state index in [0.29, 0.717) is 15.9 Å². The van der Waals surface area contributed by atoms with E-state index < -0.39 is 0 Å². The van der Waals surface area contributed by atoms with E-state index in [4.69, 9.17) is 0 Å². The third-order valence-electron chi connectivity index (χ3n) is 2.25. The third-order valence-corrected chi connectivity index (χ3v) is 2.83. The quantitative estimate of drug-likeness (QED) is 0.815. The minimum Gasteiger partial charge on any atom is -0.285 e. The third kappa shape index (κ3) is 2.26. The average Bonchev–Trinajstić information content (AvgIpc) is 2.71. The number of carbonyl (C=O) groups excluding carboxylic acids is 1. The molecule has 0 spiro atoms. The Kier molecular flexibility index (Phi) is 3.33. The van der Waals surface area contributed by atoms with E-state index in [1.807, 2.05) is 13.8 Å². The number of carbonyl (C=O) groups is 1. The fourth-order valence-electron chi connectivity index (χ4n) is 1.48. The van der Waals surface area contributed by atoms with Crippen molar-refractivity contribution < 1.29 is 4.79 Å². The summed E-state index contributed by atoms with van der Waals surface area (Å²) < 4.78 is 2.34. The molecule has 0 aliphatic carbocycles. The molecule has 0 radical (unpaired) electrons. The molecule has 2 rings (SSSR count). The van der Waals surface area contributed by atoms with Gasteiger partial charge in [-0.3, -0.25) is 14.5 Å². The van der Waals surface area contributed by atoms with Gasteiger partial charge >= 0.3 is 0 Å². The van der Waals surface area contributed by atoms with Crippen molar-refractivity contribution in [3.05, 3.63) is 40.6 Å². The van der Waals surface area contributed by atoms with E-state index in [1.165, 1.54) is 18.6 Å². The van der Waals surface area contributed by atoms with Gasteiger partial charge in [-0.2, -0.15) is 5.10 Å². The van der Waals surface area contributed by atoms with Crippen molar-refractivity contribution in [1.82, 2.24) is 19.7 Å². The summed E-state index contributed by atoms with van der Waals surface area (Å²) >= 11 is 3.33. The maximum absolute atomic E-state index is 12.3. The maximum atomic E-state index is 12.3. The van der Waals surface area contributed by atoms with Crippen LogP contribution >= 0.6 is 15.9 Å². The lowest BCUT2D eigenvalue weighted by atomic mass is 10.2. The Morgan fingerprint density at radius 1 is 1.35 bits per heavy atom. The van der Waals surface area contributed by atoms with E-state index in [2.05, 4.69) is 31.0 Å². The summed E-state index contributed by atoms with van der Waals surface area (Å²) in [6.45, 7) is 3.93. The van der Waals surface area contributed by atoms with E-state index in [1.54, 1.807) is 10.9 Å². The van der Waals surface area contributed by atoms with Crippen LogP contribution in [0, 0.1) is 0 Å². The molecule has 0 fully saturated rings. The molecule has 0 atom stereocenters. The number of ketones is 1. The van der Waals surface area contributed by atoms with Crippen LogP contribution < -0.4 is 0 Å². The molecule has 0 N–H and O–H groups in total. The van der Waals surface area contributed by atoms with Crippen LogP contribution in [-0.4, -0.2) is 25.5 Å². The molecular weight excluding hydrogens is 284 g/mol. The molecule has 0 amide bonds. The van der Waals surface area contributed by atoms with Crippen LogP contribution in [0.15, 0.2) is 29.3 Å². The molecule has 17 heavy (non-hydrogen) atoms. The summed E-state index contributed by atoms with van der Waals surface area (Å²) in [5.41, 5.74) is 0.816. The monoisotopic (exact) mass is 294 g/mol. The molecule has 2 heterocycles. The molecule has 0 saturated carbocycles. The number of hydrogen-bond donors (Lipinski definition) is 0. The topological polar surface area (TPSA) is 60.7 Å². The zero-order chi connectivity index (χ0) is 12.4. The second-order valence-electron chi connectivity index (χ2n) is 3.80. The first kappa shape index (κ1) is 11.9. The van der Waals surface area contributed by atoms with Crippen LogP contribution in [0.25, 0.3) is 0 Å². The predicted octanol–water partition coefficient (Wildman–Crippen LogP) is 2.25. The number of aromatic nitrogens is 4. The van der Waals surface area contributed by atoms with Crippen LogP contribution in [0.4, 0.5) is 0 Å². The van der Waals surface area contributed by atoms with E-state index >= 15 is 0 Å². The standard InChI is InChI=1S/C11H11BrN4O/c1-7(2)16-10(8(12)5-15-16)11(17)9-6-13-3-4-14-9/h3-7H,1-2H3. The fourth-order valence-corrected chi connectivity index (χ4v) is 1.94. The smallest absolute Gasteiger partial charge is 0.232 e. The van der Waals surface area contributed by atoms with Crippen molar-refractivity contribution in [2.75, 3.05) is 0 Å². The van der Waals surface area contributed by atoms with Gasteiger partial charge in [0.25, 0.3) is 0 Å². The zero-order valence-corrected chi connectivity index (χ0v) is 11.0. The molecular formula is C11H11BrN4O. The largest absolute Gasteiger partial charge is 0.285 e. The molecule has 2 aromatic heterocycles. The predicted molar refractivity (Wildman–Crippen MR) is 65.8 cm³/mol. The summed E-state index contributed by atoms with van der Waals surface area (Å²) in [6, 6.07) is 0.108. The summed E-state index contributed by atoms with van der Waals surface area (Å²) in [4.78, 5) is 20.2. The van der Waals surface area contributed by atoms with Crippen LogP contribution in [0.3, 0.4) is 0 Å². The highest BCUT2D eigenvalue weighted by molar-refractivity contribution is 9.10. The number of rotatable bonds is 3. The molecule has 0 aliphatic heterocycles. The minimum absolute atomic E-state index is 0.108. The molecule has 6 heteroatoms. The maximum Gasteiger partial charge on any atom is 0.232 e. The van der Waals surface area contributed by atoms with Crippen molar-refractivity contribution in [3.63, 3.8) is 0 Å². The lowest BCUT2D eigenvalue weighted by Gasteiger charge is -2.09. The van der Waals surface area contributed by atoms with E-state index in [9.17, 15) is 4.79 Å². The molecule has 0 saturated heterocycles. The molecule has 5 nitrogen and oxygen atoms in total. The Hall–Kier alpha value is -1.56. The van der Waals surface area contributed by atoms with Crippen molar-refractivity contribution in [2.45, 2.75) is 19.9 Å². The van der Waals surface area contributed by atoms with Gasteiger partial charge in [0.2, 0.25) is 5.78 Å². The average molecular weight is 295 g/mol. The lowest BCUT2D eigenvalue weighted by Crippen LogP contribution is -2.15. The van der Waals surface area contributed by atoms with E-state index in [0.717, 1.165) is 0 Å². The van der Waals surface area contributed by atoms with Crippen molar-refractivity contribution in [2.24, 2.45) is 0 Å². The zero-order valence-electron chi connectivity index (χ0n) is 9.46. The first-order chi connectivity index (χ1) is 8.11. The lowest BCUT2D eigenvalue weighted by molar-refractivity contribution is 0.102. The van der Waals surface area contributed by atoms with Gasteiger partial charge in [-0.1, -0.05) is 0 Å². The van der Waals surface area contributed by atoms with Crippen LogP contribution in [0.5, 0.6) is 0 Å². The summed E-state index contributed by atoms with van der Waals surface area (Å²) in [5.74, 6) is -0.184. The summed E-state index contributed by atoms with van der Waals surface area (Å²) in [5, 5.41) is 4.16. The van der Waals surface area contributed by atoms with Crippen LogP contribution in [0.1, 0.15) is 36.1 Å². The summed E-state index contributed by atoms with van der Waals surface area (Å²) in [6.07, 6.45) is 6.10. The molecule has 0 aromatic carbocycles. The Bertz CT molecular complexity index is 536. The fraction of sp³-hybridized carbons (Fsp3) is 0.273. The van der Waals surface area contributed by atoms with Crippen LogP contribution in [-0.2, 0) is 0 Å². The SMILES string of the molecule is CC(C)n1ncc(Br)c1C(=O)c1cnccn1. The van der Waals surface area contributed by atoms with E-state index in [-0.39, 0.29) is 11.8 Å². The highest BCUT2D eigenvalue weighted by Gasteiger charge is 2.21. The van der Waals surface area contributed by atoms with Gasteiger partial charge in [0.05, 0.1) is 16.9 Å². The van der Waals surface area contributed by atoms with Crippen molar-refractivity contribution in [1.29, 1.82) is 0 Å². The second kappa shape index (κ2) is 4.75. The molecule has 0 unspecified atom stereocenters. The van der Waals surface area contributed by atoms with Gasteiger partial charge in [0.15, 0.2) is 0 Å². The molecule has 2 aromatic rings. The Morgan fingerprint density at radius 3 is 2.71 bits per heavy atom. The van der Waals surface area contributed by atoms with Crippen molar-refractivity contribution >= 4 is 21.7 Å². The normalized spacial score (nSPS) is 10.8. The second-order valence-corrected chi connectivity index (χ2v) is 4.65. The summed E-state index contributed by atoms with van der Waals surface area (Å²) in [7, 11) is 0. The van der Waals surface area contributed by atoms with Crippen molar-refractivity contribution in [3.8, 4) is 0 Å². The highest BCUT2D eigenvalue weighted by atomic mass is 79.9. The molecule has 0 bridgehead atoms. The van der Waals surface area contributed by atoms with Gasteiger partial charge in [-0.25, -0.2) is 4.98 Å². The molecule has 0 aliphatic rings. The Labute approximate surface area is 107 Å². The Balaban J connectivity index is 2.48. The van der Waals surface area contributed by atoms with Gasteiger partial charge in [0.1, 0.15) is 11.4 Å². The Morgan fingerprint density at radius 2 is 2.12 bits per heavy atom. The van der Waals surface area contributed by atoms with Gasteiger partial charge in [-0.05, 0) is 29.8 Å². The number of hydrogen-bond acceptors (Lipinski definition) is 4. The number of halogens is 1. The van der Waals surface area contributed by atoms with Gasteiger partial charge in [0, 0.05) is 18.4 Å². The first-order valence-electron chi connectivity index (χ1n) is 5.15. The van der Waals surface area contributed by atoms with Gasteiger partial charge in [-0.15, -0.1) is 0 Å². The first-order valence-corrected chi connectivity index (χ1v) is 5.94. The molecule has 88 valence electrons. The van der Waals surface area contributed by atoms with Crippen LogP contribution in [0.2, 0.25) is 0 Å². The highest BCUT2D eigenvalue weighted by Crippen LogP contribution is 2.21. The van der Waals surface area contributed by atoms with Gasteiger partial charge < -0.3 is 0 Å². The minimum atomic E-state index is -0.184.